The van der Waals surface area contributed by atoms with Crippen LogP contribution in [0.2, 0.25) is 0 Å². The molecule has 0 aromatic carbocycles. The van der Waals surface area contributed by atoms with Crippen LogP contribution in [-0.2, 0) is 9.53 Å². The molecule has 0 bridgehead atoms. The minimum absolute atomic E-state index is 0.0785. The molecule has 1 rings (SSSR count). The molecular formula is C9H16O3. The topological polar surface area (TPSA) is 46.5 Å². The Hall–Kier alpha value is -0.570. The molecule has 0 aliphatic heterocycles. The minimum atomic E-state index is -0.358. The monoisotopic (exact) mass is 172 g/mol. The van der Waals surface area contributed by atoms with E-state index in [9.17, 15) is 4.79 Å². The Balaban J connectivity index is 2.64. The number of aliphatic hydroxyl groups is 1. The molecule has 1 N–H and O–H groups in total. The fourth-order valence-electron chi connectivity index (χ4n) is 2.04. The summed E-state index contributed by atoms with van der Waals surface area (Å²) in [5.41, 5.74) is -0.358. The third-order valence-electron chi connectivity index (χ3n) is 2.77. The second-order valence-corrected chi connectivity index (χ2v) is 3.45. The summed E-state index contributed by atoms with van der Waals surface area (Å²) in [5.74, 6) is -0.144. The molecule has 0 atom stereocenters. The van der Waals surface area contributed by atoms with Crippen molar-refractivity contribution in [3.05, 3.63) is 0 Å². The van der Waals surface area contributed by atoms with Crippen molar-refractivity contribution >= 4 is 5.97 Å². The number of carbonyl (C=O) groups excluding carboxylic acids is 1. The van der Waals surface area contributed by atoms with E-state index in [4.69, 9.17) is 9.84 Å². The van der Waals surface area contributed by atoms with Gasteiger partial charge in [0, 0.05) is 6.61 Å². The number of rotatable bonds is 3. The third kappa shape index (κ3) is 1.61. The number of carbonyl (C=O) groups is 1. The summed E-state index contributed by atoms with van der Waals surface area (Å²) in [5, 5.41) is 8.83. The average molecular weight is 172 g/mol. The van der Waals surface area contributed by atoms with Crippen molar-refractivity contribution in [1.29, 1.82) is 0 Å². The molecule has 1 aliphatic carbocycles. The van der Waals surface area contributed by atoms with E-state index in [0.29, 0.717) is 6.42 Å². The maximum absolute atomic E-state index is 11.4. The van der Waals surface area contributed by atoms with Crippen LogP contribution in [0.1, 0.15) is 32.1 Å². The molecule has 0 unspecified atom stereocenters. The molecule has 1 fully saturated rings. The van der Waals surface area contributed by atoms with Crippen LogP contribution in [0.15, 0.2) is 0 Å². The van der Waals surface area contributed by atoms with Crippen LogP contribution >= 0.6 is 0 Å². The van der Waals surface area contributed by atoms with Gasteiger partial charge in [-0.1, -0.05) is 12.8 Å². The molecule has 70 valence electrons. The van der Waals surface area contributed by atoms with Crippen LogP contribution in [0.4, 0.5) is 0 Å². The molecule has 0 spiro atoms. The first-order valence-electron chi connectivity index (χ1n) is 4.44. The summed E-state index contributed by atoms with van der Waals surface area (Å²) in [6.45, 7) is 0.0785. The predicted octanol–water partition coefficient (Wildman–Crippen LogP) is 1.10. The Morgan fingerprint density at radius 1 is 1.50 bits per heavy atom. The Morgan fingerprint density at radius 3 is 2.50 bits per heavy atom. The highest BCUT2D eigenvalue weighted by Crippen LogP contribution is 2.41. The lowest BCUT2D eigenvalue weighted by Gasteiger charge is -2.24. The second-order valence-electron chi connectivity index (χ2n) is 3.45. The number of hydrogen-bond donors (Lipinski definition) is 1. The van der Waals surface area contributed by atoms with Crippen molar-refractivity contribution in [2.45, 2.75) is 32.1 Å². The van der Waals surface area contributed by atoms with E-state index < -0.39 is 0 Å². The fraction of sp³-hybridized carbons (Fsp3) is 0.889. The van der Waals surface area contributed by atoms with Crippen LogP contribution < -0.4 is 0 Å². The van der Waals surface area contributed by atoms with Crippen molar-refractivity contribution in [3.63, 3.8) is 0 Å². The molecule has 0 saturated heterocycles. The van der Waals surface area contributed by atoms with Crippen molar-refractivity contribution in [2.75, 3.05) is 13.7 Å². The van der Waals surface area contributed by atoms with E-state index in [0.717, 1.165) is 25.7 Å². The van der Waals surface area contributed by atoms with Crippen LogP contribution in [0.25, 0.3) is 0 Å². The average Bonchev–Trinajstić information content (AvgIpc) is 2.53. The van der Waals surface area contributed by atoms with Gasteiger partial charge in [-0.2, -0.15) is 0 Å². The van der Waals surface area contributed by atoms with E-state index >= 15 is 0 Å². The van der Waals surface area contributed by atoms with Gasteiger partial charge in [-0.15, -0.1) is 0 Å². The zero-order valence-corrected chi connectivity index (χ0v) is 7.51. The molecule has 3 nitrogen and oxygen atoms in total. The minimum Gasteiger partial charge on any atom is -0.469 e. The predicted molar refractivity (Wildman–Crippen MR) is 44.6 cm³/mol. The third-order valence-corrected chi connectivity index (χ3v) is 2.77. The summed E-state index contributed by atoms with van der Waals surface area (Å²) in [7, 11) is 1.42. The van der Waals surface area contributed by atoms with Gasteiger partial charge in [0.1, 0.15) is 0 Å². The molecule has 1 aliphatic rings. The molecule has 1 saturated carbocycles. The Kier molecular flexibility index (Phi) is 3.09. The van der Waals surface area contributed by atoms with Gasteiger partial charge in [-0.25, -0.2) is 0 Å². The molecule has 3 heteroatoms. The van der Waals surface area contributed by atoms with Gasteiger partial charge >= 0.3 is 5.97 Å². The Morgan fingerprint density at radius 2 is 2.08 bits per heavy atom. The zero-order valence-electron chi connectivity index (χ0n) is 7.51. The lowest BCUT2D eigenvalue weighted by atomic mass is 9.83. The van der Waals surface area contributed by atoms with Crippen molar-refractivity contribution in [2.24, 2.45) is 5.41 Å². The first-order valence-corrected chi connectivity index (χ1v) is 4.44. The SMILES string of the molecule is COC(=O)C1(CCO)CCCC1. The van der Waals surface area contributed by atoms with Gasteiger partial charge in [0.25, 0.3) is 0 Å². The summed E-state index contributed by atoms with van der Waals surface area (Å²) in [4.78, 5) is 11.4. The van der Waals surface area contributed by atoms with Crippen LogP contribution in [-0.4, -0.2) is 24.8 Å². The molecule has 0 heterocycles. The quantitative estimate of drug-likeness (QED) is 0.648. The number of ether oxygens (including phenoxy) is 1. The summed E-state index contributed by atoms with van der Waals surface area (Å²) in [6, 6.07) is 0. The van der Waals surface area contributed by atoms with Gasteiger partial charge in [0.05, 0.1) is 12.5 Å². The molecule has 0 aromatic heterocycles. The largest absolute Gasteiger partial charge is 0.469 e. The fourth-order valence-corrected chi connectivity index (χ4v) is 2.04. The Bertz CT molecular complexity index is 159. The first-order chi connectivity index (χ1) is 5.75. The summed E-state index contributed by atoms with van der Waals surface area (Å²) >= 11 is 0. The standard InChI is InChI=1S/C9H16O3/c1-12-8(11)9(6-7-10)4-2-3-5-9/h10H,2-7H2,1H3. The highest BCUT2D eigenvalue weighted by Gasteiger charge is 2.41. The van der Waals surface area contributed by atoms with E-state index in [1.165, 1.54) is 7.11 Å². The smallest absolute Gasteiger partial charge is 0.311 e. The summed E-state index contributed by atoms with van der Waals surface area (Å²) in [6.07, 6.45) is 4.46. The first kappa shape index (κ1) is 9.52. The molecule has 12 heavy (non-hydrogen) atoms. The van der Waals surface area contributed by atoms with Crippen LogP contribution in [0.5, 0.6) is 0 Å². The van der Waals surface area contributed by atoms with E-state index in [1.54, 1.807) is 0 Å². The second kappa shape index (κ2) is 3.90. The molecule has 0 amide bonds. The lowest BCUT2D eigenvalue weighted by Crippen LogP contribution is -2.30. The van der Waals surface area contributed by atoms with Gasteiger partial charge < -0.3 is 9.84 Å². The van der Waals surface area contributed by atoms with E-state index in [1.807, 2.05) is 0 Å². The van der Waals surface area contributed by atoms with Crippen molar-refractivity contribution < 1.29 is 14.6 Å². The zero-order chi connectivity index (χ0) is 9.03. The number of methoxy groups -OCH3 is 1. The van der Waals surface area contributed by atoms with E-state index in [2.05, 4.69) is 0 Å². The molecular weight excluding hydrogens is 156 g/mol. The van der Waals surface area contributed by atoms with Gasteiger partial charge in [-0.05, 0) is 19.3 Å². The lowest BCUT2D eigenvalue weighted by molar-refractivity contribution is -0.153. The van der Waals surface area contributed by atoms with Crippen LogP contribution in [0.3, 0.4) is 0 Å². The van der Waals surface area contributed by atoms with Crippen molar-refractivity contribution in [1.82, 2.24) is 0 Å². The highest BCUT2D eigenvalue weighted by molar-refractivity contribution is 5.77. The maximum Gasteiger partial charge on any atom is 0.311 e. The van der Waals surface area contributed by atoms with Gasteiger partial charge in [-0.3, -0.25) is 4.79 Å². The maximum atomic E-state index is 11.4. The number of aliphatic hydroxyl groups excluding tert-OH is 1. The highest BCUT2D eigenvalue weighted by atomic mass is 16.5. The van der Waals surface area contributed by atoms with Crippen molar-refractivity contribution in [3.8, 4) is 0 Å². The summed E-state index contributed by atoms with van der Waals surface area (Å²) < 4.78 is 4.74. The number of hydrogen-bond acceptors (Lipinski definition) is 3. The van der Waals surface area contributed by atoms with Crippen LogP contribution in [0, 0.1) is 5.41 Å². The molecule has 0 aromatic rings. The number of esters is 1. The van der Waals surface area contributed by atoms with E-state index in [-0.39, 0.29) is 18.0 Å². The van der Waals surface area contributed by atoms with Gasteiger partial charge in [0.2, 0.25) is 0 Å². The normalized spacial score (nSPS) is 20.8. The molecule has 0 radical (unpaired) electrons. The van der Waals surface area contributed by atoms with Gasteiger partial charge in [0.15, 0.2) is 0 Å². The Labute approximate surface area is 72.7 Å².